The number of nitrogens with two attached hydrogens (primary N) is 1. The number of amides is 2. The molecule has 1 fully saturated rings. The molecule has 0 bridgehead atoms. The van der Waals surface area contributed by atoms with Gasteiger partial charge in [-0.2, -0.15) is 13.2 Å². The van der Waals surface area contributed by atoms with Gasteiger partial charge in [-0.1, -0.05) is 44.6 Å². The van der Waals surface area contributed by atoms with Crippen LogP contribution in [0.3, 0.4) is 0 Å². The lowest BCUT2D eigenvalue weighted by Gasteiger charge is -2.29. The van der Waals surface area contributed by atoms with E-state index in [0.29, 0.717) is 11.0 Å². The van der Waals surface area contributed by atoms with E-state index in [2.05, 4.69) is 4.84 Å². The highest BCUT2D eigenvalue weighted by molar-refractivity contribution is 6.00. The molecule has 1 aliphatic heterocycles. The second-order valence-electron chi connectivity index (χ2n) is 9.36. The van der Waals surface area contributed by atoms with Crippen molar-refractivity contribution in [2.24, 2.45) is 12.8 Å². The van der Waals surface area contributed by atoms with Crippen LogP contribution in [0.1, 0.15) is 75.8 Å². The Morgan fingerprint density at radius 3 is 2.24 bits per heavy atom. The maximum Gasteiger partial charge on any atom is 0.493 e. The number of nitrogens with zero attached hydrogens (tertiary/aromatic N) is 3. The fourth-order valence-electron chi connectivity index (χ4n) is 4.61. The highest BCUT2D eigenvalue weighted by Crippen LogP contribution is 2.29. The van der Waals surface area contributed by atoms with Gasteiger partial charge >= 0.3 is 17.8 Å². The van der Waals surface area contributed by atoms with Gasteiger partial charge in [-0.3, -0.25) is 18.7 Å². The van der Waals surface area contributed by atoms with Gasteiger partial charge in [0.05, 0.1) is 11.0 Å². The number of fused-ring (bicyclic) bond motifs is 1. The monoisotopic (exact) mass is 526 g/mol. The van der Waals surface area contributed by atoms with Crippen molar-refractivity contribution in [3.8, 4) is 0 Å². The lowest BCUT2D eigenvalue weighted by molar-refractivity contribution is -0.238. The van der Waals surface area contributed by atoms with Crippen molar-refractivity contribution in [2.45, 2.75) is 82.8 Å². The molecule has 9 nitrogen and oxygen atoms in total. The lowest BCUT2D eigenvalue weighted by atomic mass is 10.0. The summed E-state index contributed by atoms with van der Waals surface area (Å²) in [6, 6.07) is 4.12. The zero-order valence-corrected chi connectivity index (χ0v) is 20.9. The van der Waals surface area contributed by atoms with Crippen LogP contribution < -0.4 is 11.4 Å². The summed E-state index contributed by atoms with van der Waals surface area (Å²) in [6.07, 6.45) is 4.05. The molecule has 204 valence electrons. The molecule has 0 aliphatic carbocycles. The molecule has 2 amide bonds. The molecule has 0 spiro atoms. The van der Waals surface area contributed by atoms with E-state index in [-0.39, 0.29) is 17.9 Å². The molecule has 0 radical (unpaired) electrons. The summed E-state index contributed by atoms with van der Waals surface area (Å²) in [5, 5.41) is -0.179. The Kier molecular flexibility index (Phi) is 9.52. The molecule has 1 aliphatic rings. The Morgan fingerprint density at radius 2 is 1.62 bits per heavy atom. The number of hydrogen-bond acceptors (Lipinski definition) is 6. The predicted molar refractivity (Wildman–Crippen MR) is 129 cm³/mol. The Morgan fingerprint density at radius 1 is 1.00 bits per heavy atom. The summed E-state index contributed by atoms with van der Waals surface area (Å²) in [6.45, 7) is 0.742. The van der Waals surface area contributed by atoms with Crippen LogP contribution in [0.15, 0.2) is 23.0 Å². The molecule has 0 saturated carbocycles. The smallest absolute Gasteiger partial charge is 0.330 e. The summed E-state index contributed by atoms with van der Waals surface area (Å²) < 4.78 is 40.3. The largest absolute Gasteiger partial charge is 0.493 e. The third-order valence-electron chi connectivity index (χ3n) is 6.63. The number of benzene rings is 1. The number of hydroxylamine groups is 2. The summed E-state index contributed by atoms with van der Waals surface area (Å²) >= 11 is 0. The van der Waals surface area contributed by atoms with Crippen molar-refractivity contribution in [3.63, 3.8) is 0 Å². The van der Waals surface area contributed by atoms with Crippen molar-refractivity contribution in [1.29, 1.82) is 0 Å². The third-order valence-corrected chi connectivity index (χ3v) is 6.63. The third kappa shape index (κ3) is 6.79. The van der Waals surface area contributed by atoms with Crippen molar-refractivity contribution >= 4 is 28.8 Å². The van der Waals surface area contributed by atoms with Gasteiger partial charge in [-0.25, -0.2) is 9.59 Å². The van der Waals surface area contributed by atoms with Crippen molar-refractivity contribution in [1.82, 2.24) is 14.2 Å². The van der Waals surface area contributed by atoms with Gasteiger partial charge < -0.3 is 10.6 Å². The van der Waals surface area contributed by atoms with E-state index in [0.717, 1.165) is 48.8 Å². The fourth-order valence-corrected chi connectivity index (χ4v) is 4.61. The molecule has 1 aromatic carbocycles. The zero-order chi connectivity index (χ0) is 27.2. The number of aryl methyl sites for hydroxylation is 2. The van der Waals surface area contributed by atoms with Gasteiger partial charge in [-0.15, -0.1) is 5.06 Å². The number of imidazole rings is 1. The van der Waals surface area contributed by atoms with E-state index in [1.165, 1.54) is 37.3 Å². The first-order valence-corrected chi connectivity index (χ1v) is 12.6. The number of piperidine rings is 1. The normalized spacial score (nSPS) is 16.6. The molecule has 2 N–H and O–H groups in total. The highest BCUT2D eigenvalue weighted by Gasteiger charge is 2.47. The molecular formula is C25H33F3N4O5. The Labute approximate surface area is 212 Å². The van der Waals surface area contributed by atoms with Crippen LogP contribution in [0.2, 0.25) is 0 Å². The second kappa shape index (κ2) is 12.4. The Bertz CT molecular complexity index is 1190. The van der Waals surface area contributed by atoms with E-state index < -0.39 is 35.7 Å². The van der Waals surface area contributed by atoms with Gasteiger partial charge in [0.2, 0.25) is 0 Å². The SMILES string of the molecule is Cn1c(=O)n(C2CCC(=O)N(OC(=O)C(F)(F)F)C2=O)c2ccc(CCCCCCCCCCN)cc21. The van der Waals surface area contributed by atoms with Crippen molar-refractivity contribution in [3.05, 3.63) is 34.2 Å². The van der Waals surface area contributed by atoms with Gasteiger partial charge in [0.25, 0.3) is 11.8 Å². The Hall–Kier alpha value is -3.15. The van der Waals surface area contributed by atoms with Crippen LogP contribution >= 0.6 is 0 Å². The molecule has 1 saturated heterocycles. The average Bonchev–Trinajstić information content (AvgIpc) is 3.09. The van der Waals surface area contributed by atoms with Gasteiger partial charge in [0.15, 0.2) is 0 Å². The molecule has 1 atom stereocenters. The molecule has 12 heteroatoms. The minimum atomic E-state index is -5.38. The first kappa shape index (κ1) is 28.4. The molecule has 3 rings (SSSR count). The summed E-state index contributed by atoms with van der Waals surface area (Å²) in [5.41, 5.74) is 6.93. The van der Waals surface area contributed by atoms with Crippen LogP contribution in [0.25, 0.3) is 11.0 Å². The second-order valence-corrected chi connectivity index (χ2v) is 9.36. The minimum Gasteiger partial charge on any atom is -0.330 e. The van der Waals surface area contributed by atoms with Crippen LogP contribution in [-0.4, -0.2) is 44.7 Å². The van der Waals surface area contributed by atoms with Crippen molar-refractivity contribution in [2.75, 3.05) is 6.54 Å². The first-order chi connectivity index (χ1) is 17.6. The number of unbranched alkanes of at least 4 members (excludes halogenated alkanes) is 7. The number of hydrogen-bond donors (Lipinski definition) is 1. The molecule has 1 unspecified atom stereocenters. The van der Waals surface area contributed by atoms with E-state index in [9.17, 15) is 32.3 Å². The minimum absolute atomic E-state index is 0.106. The number of carbonyl (C=O) groups is 3. The topological polar surface area (TPSA) is 117 Å². The van der Waals surface area contributed by atoms with Crippen molar-refractivity contribution < 1.29 is 32.4 Å². The summed E-state index contributed by atoms with van der Waals surface area (Å²) in [4.78, 5) is 53.2. The van der Waals surface area contributed by atoms with Gasteiger partial charge in [0.1, 0.15) is 6.04 Å². The fraction of sp³-hybridized carbons (Fsp3) is 0.600. The number of carbonyl (C=O) groups excluding carboxylic acids is 3. The molecule has 37 heavy (non-hydrogen) atoms. The number of aromatic nitrogens is 2. The van der Waals surface area contributed by atoms with E-state index in [1.807, 2.05) is 12.1 Å². The number of rotatable bonds is 12. The lowest BCUT2D eigenvalue weighted by Crippen LogP contribution is -2.49. The first-order valence-electron chi connectivity index (χ1n) is 12.6. The summed E-state index contributed by atoms with van der Waals surface area (Å²) in [7, 11) is 1.54. The van der Waals surface area contributed by atoms with E-state index >= 15 is 0 Å². The number of halogens is 3. The maximum absolute atomic E-state index is 13.0. The maximum atomic E-state index is 13.0. The van der Waals surface area contributed by atoms with Crippen LogP contribution in [0, 0.1) is 0 Å². The van der Waals surface area contributed by atoms with E-state index in [4.69, 9.17) is 5.73 Å². The van der Waals surface area contributed by atoms with E-state index in [1.54, 1.807) is 6.07 Å². The van der Waals surface area contributed by atoms with Crippen LogP contribution in [-0.2, 0) is 32.7 Å². The molecule has 2 heterocycles. The molecule has 2 aromatic rings. The average molecular weight is 527 g/mol. The zero-order valence-electron chi connectivity index (χ0n) is 20.9. The highest BCUT2D eigenvalue weighted by atomic mass is 19.4. The standard InChI is InChI=1S/C25H33F3N4O5/c1-30-20-16-17(10-8-6-4-2-3-5-7-9-15-29)11-12-18(20)31(24(30)36)19-13-14-21(33)32(22(19)34)37-23(35)25(26,27)28/h11-12,16,19H,2-10,13-15,29H2,1H3. The predicted octanol–water partition coefficient (Wildman–Crippen LogP) is 3.67. The quantitative estimate of drug-likeness (QED) is 0.333. The van der Waals surface area contributed by atoms with Crippen LogP contribution in [0.4, 0.5) is 13.2 Å². The van der Waals surface area contributed by atoms with Gasteiger partial charge in [0, 0.05) is 13.5 Å². The summed E-state index contributed by atoms with van der Waals surface area (Å²) in [5.74, 6) is -4.96. The number of imide groups is 1. The molecular weight excluding hydrogens is 493 g/mol. The molecule has 1 aromatic heterocycles. The van der Waals surface area contributed by atoms with Crippen LogP contribution in [0.5, 0.6) is 0 Å². The number of alkyl halides is 3. The van der Waals surface area contributed by atoms with Gasteiger partial charge in [-0.05, 0) is 49.9 Å². The Balaban J connectivity index is 1.69.